The zero-order valence-corrected chi connectivity index (χ0v) is 16.2. The van der Waals surface area contributed by atoms with Gasteiger partial charge in [-0.2, -0.15) is 0 Å². The lowest BCUT2D eigenvalue weighted by atomic mass is 10.1. The van der Waals surface area contributed by atoms with Gasteiger partial charge in [0.25, 0.3) is 0 Å². The molecule has 2 rings (SSSR count). The van der Waals surface area contributed by atoms with Gasteiger partial charge in [0.1, 0.15) is 0 Å². The Labute approximate surface area is 153 Å². The standard InChI is InChI=1S/C20H35N5/c1-4-18-9-5-6-10-19(18)17-23-20(21-2)22-11-7-13-25-14-8-12-24(3)15-16-25/h5-6,9-10H,4,7-8,11-17H2,1-3H3,(H2,21,22,23). The molecule has 0 unspecified atom stereocenters. The Morgan fingerprint density at radius 2 is 1.88 bits per heavy atom. The first kappa shape index (κ1) is 19.7. The van der Waals surface area contributed by atoms with Gasteiger partial charge in [0.15, 0.2) is 5.96 Å². The van der Waals surface area contributed by atoms with E-state index >= 15 is 0 Å². The van der Waals surface area contributed by atoms with E-state index in [9.17, 15) is 0 Å². The van der Waals surface area contributed by atoms with Crippen molar-refractivity contribution in [2.75, 3.05) is 53.4 Å². The van der Waals surface area contributed by atoms with Gasteiger partial charge >= 0.3 is 0 Å². The van der Waals surface area contributed by atoms with Gasteiger partial charge in [-0.05, 0) is 57.1 Å². The maximum Gasteiger partial charge on any atom is 0.191 e. The van der Waals surface area contributed by atoms with E-state index in [1.165, 1.54) is 43.7 Å². The molecule has 1 fully saturated rings. The first-order valence-corrected chi connectivity index (χ1v) is 9.65. The zero-order valence-electron chi connectivity index (χ0n) is 16.2. The highest BCUT2D eigenvalue weighted by molar-refractivity contribution is 5.79. The molecule has 1 aliphatic heterocycles. The Bertz CT molecular complexity index is 529. The quantitative estimate of drug-likeness (QED) is 0.450. The molecular formula is C20H35N5. The Morgan fingerprint density at radius 1 is 1.08 bits per heavy atom. The summed E-state index contributed by atoms with van der Waals surface area (Å²) >= 11 is 0. The van der Waals surface area contributed by atoms with Crippen molar-refractivity contribution in [3.05, 3.63) is 35.4 Å². The molecule has 0 aliphatic carbocycles. The number of hydrogen-bond acceptors (Lipinski definition) is 3. The Morgan fingerprint density at radius 3 is 2.64 bits per heavy atom. The Hall–Kier alpha value is -1.59. The third-order valence-corrected chi connectivity index (χ3v) is 4.92. The maximum absolute atomic E-state index is 4.34. The zero-order chi connectivity index (χ0) is 17.9. The number of guanidine groups is 1. The van der Waals surface area contributed by atoms with Gasteiger partial charge in [0, 0.05) is 33.2 Å². The fraction of sp³-hybridized carbons (Fsp3) is 0.650. The van der Waals surface area contributed by atoms with Gasteiger partial charge < -0.3 is 20.4 Å². The normalized spacial score (nSPS) is 17.3. The van der Waals surface area contributed by atoms with Crippen molar-refractivity contribution < 1.29 is 0 Å². The van der Waals surface area contributed by atoms with Crippen LogP contribution >= 0.6 is 0 Å². The van der Waals surface area contributed by atoms with Gasteiger partial charge in [0.05, 0.1) is 0 Å². The molecule has 0 amide bonds. The molecule has 5 heteroatoms. The number of likely N-dealkylation sites (N-methyl/N-ethyl adjacent to an activating group) is 1. The molecule has 1 aromatic rings. The summed E-state index contributed by atoms with van der Waals surface area (Å²) in [6, 6.07) is 8.60. The predicted molar refractivity (Wildman–Crippen MR) is 107 cm³/mol. The number of nitrogens with one attached hydrogen (secondary N) is 2. The fourth-order valence-corrected chi connectivity index (χ4v) is 3.31. The molecule has 1 aliphatic rings. The van der Waals surface area contributed by atoms with Crippen molar-refractivity contribution in [1.82, 2.24) is 20.4 Å². The molecule has 0 bridgehead atoms. The molecule has 0 radical (unpaired) electrons. The molecule has 5 nitrogen and oxygen atoms in total. The summed E-state index contributed by atoms with van der Waals surface area (Å²) in [6.07, 6.45) is 3.49. The molecule has 2 N–H and O–H groups in total. The lowest BCUT2D eigenvalue weighted by Crippen LogP contribution is -2.38. The van der Waals surface area contributed by atoms with E-state index in [2.05, 4.69) is 63.7 Å². The van der Waals surface area contributed by atoms with Crippen molar-refractivity contribution in [3.8, 4) is 0 Å². The fourth-order valence-electron chi connectivity index (χ4n) is 3.31. The van der Waals surface area contributed by atoms with Crippen LogP contribution in [0.3, 0.4) is 0 Å². The van der Waals surface area contributed by atoms with E-state index in [0.29, 0.717) is 0 Å². The summed E-state index contributed by atoms with van der Waals surface area (Å²) < 4.78 is 0. The van der Waals surface area contributed by atoms with E-state index in [4.69, 9.17) is 0 Å². The molecule has 0 spiro atoms. The smallest absolute Gasteiger partial charge is 0.191 e. The number of benzene rings is 1. The van der Waals surface area contributed by atoms with Crippen molar-refractivity contribution in [1.29, 1.82) is 0 Å². The highest BCUT2D eigenvalue weighted by Crippen LogP contribution is 2.08. The molecular weight excluding hydrogens is 310 g/mol. The third-order valence-electron chi connectivity index (χ3n) is 4.92. The molecule has 1 aromatic carbocycles. The van der Waals surface area contributed by atoms with Crippen LogP contribution < -0.4 is 10.6 Å². The number of aryl methyl sites for hydroxylation is 1. The van der Waals surface area contributed by atoms with Gasteiger partial charge in [-0.25, -0.2) is 0 Å². The van der Waals surface area contributed by atoms with Crippen LogP contribution in [0.2, 0.25) is 0 Å². The van der Waals surface area contributed by atoms with Crippen LogP contribution in [0.1, 0.15) is 30.9 Å². The predicted octanol–water partition coefficient (Wildman–Crippen LogP) is 1.94. The van der Waals surface area contributed by atoms with Crippen molar-refractivity contribution in [2.24, 2.45) is 4.99 Å². The topological polar surface area (TPSA) is 42.9 Å². The summed E-state index contributed by atoms with van der Waals surface area (Å²) in [6.45, 7) is 9.98. The minimum atomic E-state index is 0.822. The average Bonchev–Trinajstić information content (AvgIpc) is 2.85. The van der Waals surface area contributed by atoms with Gasteiger partial charge in [-0.3, -0.25) is 4.99 Å². The summed E-state index contributed by atoms with van der Waals surface area (Å²) in [5, 5.41) is 6.88. The highest BCUT2D eigenvalue weighted by Gasteiger charge is 2.11. The van der Waals surface area contributed by atoms with Crippen LogP contribution in [0.15, 0.2) is 29.3 Å². The van der Waals surface area contributed by atoms with E-state index < -0.39 is 0 Å². The van der Waals surface area contributed by atoms with E-state index in [1.54, 1.807) is 0 Å². The van der Waals surface area contributed by atoms with E-state index in [-0.39, 0.29) is 0 Å². The molecule has 0 aromatic heterocycles. The van der Waals surface area contributed by atoms with Crippen LogP contribution in [-0.2, 0) is 13.0 Å². The number of aliphatic imine (C=N–C) groups is 1. The lowest BCUT2D eigenvalue weighted by molar-refractivity contribution is 0.274. The minimum Gasteiger partial charge on any atom is -0.356 e. The van der Waals surface area contributed by atoms with E-state index in [1.807, 2.05) is 7.05 Å². The van der Waals surface area contributed by atoms with Crippen LogP contribution in [-0.4, -0.2) is 69.1 Å². The van der Waals surface area contributed by atoms with Crippen molar-refractivity contribution >= 4 is 5.96 Å². The van der Waals surface area contributed by atoms with Crippen LogP contribution in [0.4, 0.5) is 0 Å². The summed E-state index contributed by atoms with van der Waals surface area (Å²) in [5.74, 6) is 0.890. The first-order chi connectivity index (χ1) is 12.2. The lowest BCUT2D eigenvalue weighted by Gasteiger charge is -2.20. The second kappa shape index (κ2) is 11.1. The SMILES string of the molecule is CCc1ccccc1CNC(=NC)NCCCN1CCCN(C)CC1. The monoisotopic (exact) mass is 345 g/mol. The maximum atomic E-state index is 4.34. The molecule has 140 valence electrons. The Balaban J connectivity index is 1.66. The molecule has 1 saturated heterocycles. The minimum absolute atomic E-state index is 0.822. The second-order valence-corrected chi connectivity index (χ2v) is 6.83. The Kier molecular flexibility index (Phi) is 8.77. The van der Waals surface area contributed by atoms with Crippen LogP contribution in [0, 0.1) is 0 Å². The van der Waals surface area contributed by atoms with E-state index in [0.717, 1.165) is 38.4 Å². The largest absolute Gasteiger partial charge is 0.356 e. The number of rotatable bonds is 7. The highest BCUT2D eigenvalue weighted by atomic mass is 15.2. The number of nitrogens with zero attached hydrogens (tertiary/aromatic N) is 3. The molecule has 1 heterocycles. The van der Waals surface area contributed by atoms with Crippen molar-refractivity contribution in [3.63, 3.8) is 0 Å². The molecule has 0 saturated carbocycles. The van der Waals surface area contributed by atoms with Gasteiger partial charge in [-0.1, -0.05) is 31.2 Å². The average molecular weight is 346 g/mol. The van der Waals surface area contributed by atoms with Crippen LogP contribution in [0.5, 0.6) is 0 Å². The second-order valence-electron chi connectivity index (χ2n) is 6.83. The van der Waals surface area contributed by atoms with Crippen molar-refractivity contribution in [2.45, 2.75) is 32.7 Å². The summed E-state index contributed by atoms with van der Waals surface area (Å²) in [4.78, 5) is 9.35. The van der Waals surface area contributed by atoms with Gasteiger partial charge in [-0.15, -0.1) is 0 Å². The first-order valence-electron chi connectivity index (χ1n) is 9.65. The molecule has 25 heavy (non-hydrogen) atoms. The molecule has 0 atom stereocenters. The number of hydrogen-bond donors (Lipinski definition) is 2. The van der Waals surface area contributed by atoms with Gasteiger partial charge in [0.2, 0.25) is 0 Å². The third kappa shape index (κ3) is 7.04. The summed E-state index contributed by atoms with van der Waals surface area (Å²) in [7, 11) is 4.06. The summed E-state index contributed by atoms with van der Waals surface area (Å²) in [5.41, 5.74) is 2.75. The van der Waals surface area contributed by atoms with Crippen LogP contribution in [0.25, 0.3) is 0 Å².